The summed E-state index contributed by atoms with van der Waals surface area (Å²) in [6, 6.07) is 4.46. The Hall–Kier alpha value is -2.18. The van der Waals surface area contributed by atoms with E-state index in [4.69, 9.17) is 4.74 Å². The monoisotopic (exact) mass is 314 g/mol. The van der Waals surface area contributed by atoms with Crippen LogP contribution in [0.2, 0.25) is 0 Å². The Morgan fingerprint density at radius 1 is 1.00 bits per heavy atom. The molecule has 118 valence electrons. The first-order valence-corrected chi connectivity index (χ1v) is 6.44. The zero-order valence-electron chi connectivity index (χ0n) is 12.2. The lowest BCUT2D eigenvalue weighted by Crippen LogP contribution is -2.11. The van der Waals surface area contributed by atoms with Crippen LogP contribution >= 0.6 is 0 Å². The predicted molar refractivity (Wildman–Crippen MR) is 72.2 cm³/mol. The van der Waals surface area contributed by atoms with Gasteiger partial charge in [0.05, 0.1) is 12.4 Å². The first-order valence-electron chi connectivity index (χ1n) is 6.44. The SMILES string of the molecule is CC(C)(C)c1ccc(Oc2cnc(C(F)(F)F)nc2)c(F)c1. The van der Waals surface area contributed by atoms with Gasteiger partial charge in [-0.05, 0) is 23.1 Å². The lowest BCUT2D eigenvalue weighted by molar-refractivity contribution is -0.145. The number of hydrogen-bond donors (Lipinski definition) is 0. The van der Waals surface area contributed by atoms with Gasteiger partial charge in [-0.3, -0.25) is 0 Å². The van der Waals surface area contributed by atoms with Crippen LogP contribution in [-0.4, -0.2) is 9.97 Å². The molecule has 0 aliphatic heterocycles. The number of nitrogens with zero attached hydrogens (tertiary/aromatic N) is 2. The summed E-state index contributed by atoms with van der Waals surface area (Å²) in [5.74, 6) is -2.05. The van der Waals surface area contributed by atoms with Crippen LogP contribution in [0.3, 0.4) is 0 Å². The predicted octanol–water partition coefficient (Wildman–Crippen LogP) is 4.72. The maximum absolute atomic E-state index is 14.0. The molecule has 0 bridgehead atoms. The standard InChI is InChI=1S/C15H14F4N2O/c1-14(2,3)9-4-5-12(11(16)6-9)22-10-7-20-13(21-8-10)15(17,18)19/h4-8H,1-3H3. The molecule has 0 fully saturated rings. The smallest absolute Gasteiger partial charge is 0.451 e. The van der Waals surface area contributed by atoms with Crippen molar-refractivity contribution in [1.82, 2.24) is 9.97 Å². The molecule has 0 N–H and O–H groups in total. The van der Waals surface area contributed by atoms with Crippen LogP contribution < -0.4 is 4.74 Å². The van der Waals surface area contributed by atoms with Gasteiger partial charge in [-0.2, -0.15) is 13.2 Å². The Balaban J connectivity index is 2.21. The highest BCUT2D eigenvalue weighted by molar-refractivity contribution is 5.35. The Labute approximate surface area is 125 Å². The van der Waals surface area contributed by atoms with Crippen LogP contribution in [0.15, 0.2) is 30.6 Å². The minimum Gasteiger partial charge on any atom is -0.451 e. The van der Waals surface area contributed by atoms with Gasteiger partial charge in [0.1, 0.15) is 0 Å². The normalized spacial score (nSPS) is 12.3. The van der Waals surface area contributed by atoms with Gasteiger partial charge >= 0.3 is 6.18 Å². The van der Waals surface area contributed by atoms with Gasteiger partial charge in [0.2, 0.25) is 5.82 Å². The van der Waals surface area contributed by atoms with Crippen molar-refractivity contribution < 1.29 is 22.3 Å². The number of aromatic nitrogens is 2. The lowest BCUT2D eigenvalue weighted by atomic mass is 9.87. The number of rotatable bonds is 2. The number of alkyl halides is 3. The molecule has 1 aromatic carbocycles. The molecule has 0 radical (unpaired) electrons. The van der Waals surface area contributed by atoms with Crippen molar-refractivity contribution in [3.63, 3.8) is 0 Å². The van der Waals surface area contributed by atoms with E-state index in [2.05, 4.69) is 9.97 Å². The highest BCUT2D eigenvalue weighted by atomic mass is 19.4. The second-order valence-corrected chi connectivity index (χ2v) is 5.74. The summed E-state index contributed by atoms with van der Waals surface area (Å²) in [4.78, 5) is 6.30. The van der Waals surface area contributed by atoms with Gasteiger partial charge in [0.25, 0.3) is 0 Å². The maximum atomic E-state index is 14.0. The molecule has 0 atom stereocenters. The molecule has 7 heteroatoms. The fourth-order valence-corrected chi connectivity index (χ4v) is 1.69. The minimum atomic E-state index is -4.63. The van der Waals surface area contributed by atoms with Crippen LogP contribution in [0.5, 0.6) is 11.5 Å². The Bertz CT molecular complexity index is 661. The quantitative estimate of drug-likeness (QED) is 0.752. The molecule has 2 aromatic rings. The van der Waals surface area contributed by atoms with Gasteiger partial charge in [-0.15, -0.1) is 0 Å². The fraction of sp³-hybridized carbons (Fsp3) is 0.333. The molecule has 0 aliphatic carbocycles. The van der Waals surface area contributed by atoms with Gasteiger partial charge in [0.15, 0.2) is 17.3 Å². The second kappa shape index (κ2) is 5.55. The van der Waals surface area contributed by atoms with Crippen LogP contribution in [-0.2, 0) is 11.6 Å². The first kappa shape index (κ1) is 16.2. The summed E-state index contributed by atoms with van der Waals surface area (Å²) in [5.41, 5.74) is 0.553. The number of benzene rings is 1. The summed E-state index contributed by atoms with van der Waals surface area (Å²) in [6.07, 6.45) is -2.92. The third kappa shape index (κ3) is 3.72. The van der Waals surface area contributed by atoms with Gasteiger partial charge in [-0.25, -0.2) is 14.4 Å². The van der Waals surface area contributed by atoms with Gasteiger partial charge in [-0.1, -0.05) is 26.8 Å². The Kier molecular flexibility index (Phi) is 4.08. The van der Waals surface area contributed by atoms with E-state index in [0.717, 1.165) is 18.0 Å². The number of hydrogen-bond acceptors (Lipinski definition) is 3. The third-order valence-electron chi connectivity index (χ3n) is 2.91. The van der Waals surface area contributed by atoms with Gasteiger partial charge in [0, 0.05) is 0 Å². The zero-order chi connectivity index (χ0) is 16.5. The van der Waals surface area contributed by atoms with Crippen LogP contribution in [0.25, 0.3) is 0 Å². The van der Waals surface area contributed by atoms with Crippen LogP contribution in [0.4, 0.5) is 17.6 Å². The summed E-state index contributed by atoms with van der Waals surface area (Å²) in [6.45, 7) is 5.81. The molecule has 22 heavy (non-hydrogen) atoms. The molecular weight excluding hydrogens is 300 g/mol. The van der Waals surface area contributed by atoms with Crippen LogP contribution in [0.1, 0.15) is 32.2 Å². The van der Waals surface area contributed by atoms with E-state index in [9.17, 15) is 17.6 Å². The van der Waals surface area contributed by atoms with Crippen molar-refractivity contribution in [3.05, 3.63) is 47.8 Å². The molecule has 0 saturated carbocycles. The van der Waals surface area contributed by atoms with Crippen LogP contribution in [0, 0.1) is 5.82 Å². The average molecular weight is 314 g/mol. The maximum Gasteiger partial charge on any atom is 0.451 e. The number of halogens is 4. The van der Waals surface area contributed by atoms with Crippen molar-refractivity contribution in [2.75, 3.05) is 0 Å². The van der Waals surface area contributed by atoms with E-state index >= 15 is 0 Å². The fourth-order valence-electron chi connectivity index (χ4n) is 1.69. The molecular formula is C15H14F4N2O. The minimum absolute atomic E-state index is 0.0737. The van der Waals surface area contributed by atoms with E-state index in [1.54, 1.807) is 6.07 Å². The third-order valence-corrected chi connectivity index (χ3v) is 2.91. The largest absolute Gasteiger partial charge is 0.451 e. The van der Waals surface area contributed by atoms with Crippen molar-refractivity contribution >= 4 is 0 Å². The lowest BCUT2D eigenvalue weighted by Gasteiger charge is -2.19. The highest BCUT2D eigenvalue weighted by Crippen LogP contribution is 2.30. The Morgan fingerprint density at radius 2 is 1.59 bits per heavy atom. The highest BCUT2D eigenvalue weighted by Gasteiger charge is 2.34. The molecule has 0 amide bonds. The summed E-state index contributed by atoms with van der Waals surface area (Å²) in [7, 11) is 0. The molecule has 0 aliphatic rings. The van der Waals surface area contributed by atoms with E-state index < -0.39 is 17.8 Å². The summed E-state index contributed by atoms with van der Waals surface area (Å²) >= 11 is 0. The Morgan fingerprint density at radius 3 is 2.05 bits per heavy atom. The van der Waals surface area contributed by atoms with Crippen molar-refractivity contribution in [1.29, 1.82) is 0 Å². The molecule has 0 spiro atoms. The molecule has 1 aromatic heterocycles. The molecule has 0 unspecified atom stereocenters. The summed E-state index contributed by atoms with van der Waals surface area (Å²) < 4.78 is 56.2. The van der Waals surface area contributed by atoms with Crippen molar-refractivity contribution in [2.24, 2.45) is 0 Å². The molecule has 3 nitrogen and oxygen atoms in total. The molecule has 1 heterocycles. The second-order valence-electron chi connectivity index (χ2n) is 5.74. The number of ether oxygens (including phenoxy) is 1. The molecule has 0 saturated heterocycles. The topological polar surface area (TPSA) is 35.0 Å². The van der Waals surface area contributed by atoms with E-state index in [-0.39, 0.29) is 16.9 Å². The summed E-state index contributed by atoms with van der Waals surface area (Å²) in [5, 5.41) is 0. The van der Waals surface area contributed by atoms with E-state index in [1.165, 1.54) is 12.1 Å². The van der Waals surface area contributed by atoms with Crippen molar-refractivity contribution in [2.45, 2.75) is 32.4 Å². The molecule has 2 rings (SSSR count). The van der Waals surface area contributed by atoms with E-state index in [1.807, 2.05) is 20.8 Å². The average Bonchev–Trinajstić information content (AvgIpc) is 2.39. The van der Waals surface area contributed by atoms with Crippen molar-refractivity contribution in [3.8, 4) is 11.5 Å². The van der Waals surface area contributed by atoms with Gasteiger partial charge < -0.3 is 4.74 Å². The van der Waals surface area contributed by atoms with E-state index in [0.29, 0.717) is 0 Å². The zero-order valence-corrected chi connectivity index (χ0v) is 12.2. The first-order chi connectivity index (χ1) is 10.1.